The minimum Gasteiger partial charge on any atom is -0.296 e. The van der Waals surface area contributed by atoms with Gasteiger partial charge in [0.15, 0.2) is 0 Å². The normalized spacial score (nSPS) is 13.7. The summed E-state index contributed by atoms with van der Waals surface area (Å²) in [5, 5.41) is 10.3. The molecule has 2 heteroatoms. The molecule has 0 saturated carbocycles. The quantitative estimate of drug-likeness (QED) is 0.205. The number of aromatic nitrogens is 2. The van der Waals surface area contributed by atoms with Crippen LogP contribution in [0.15, 0.2) is 127 Å². The van der Waals surface area contributed by atoms with Crippen molar-refractivity contribution >= 4 is 59.8 Å². The SMILES string of the molecule is Cc1ccc2cc(-c3ccc4ccc5c(-c6nc7ccccc7n6C6=CC=CCC6)ccc6ccc3c4c65)ccc2c1. The van der Waals surface area contributed by atoms with Crippen molar-refractivity contribution in [2.75, 3.05) is 0 Å². The summed E-state index contributed by atoms with van der Waals surface area (Å²) in [6.45, 7) is 2.15. The monoisotopic (exact) mass is 536 g/mol. The van der Waals surface area contributed by atoms with E-state index in [-0.39, 0.29) is 0 Å². The zero-order valence-corrected chi connectivity index (χ0v) is 23.4. The lowest BCUT2D eigenvalue weighted by molar-refractivity contribution is 0.960. The van der Waals surface area contributed by atoms with Crippen molar-refractivity contribution in [3.63, 3.8) is 0 Å². The van der Waals surface area contributed by atoms with E-state index in [1.807, 2.05) is 0 Å². The molecule has 0 aliphatic heterocycles. The molecular weight excluding hydrogens is 508 g/mol. The zero-order chi connectivity index (χ0) is 27.8. The molecule has 1 aliphatic carbocycles. The molecule has 1 aromatic heterocycles. The molecule has 0 radical (unpaired) electrons. The highest BCUT2D eigenvalue weighted by molar-refractivity contribution is 6.27. The molecule has 8 aromatic rings. The number of para-hydroxylation sites is 2. The summed E-state index contributed by atoms with van der Waals surface area (Å²) < 4.78 is 2.38. The molecule has 0 fully saturated rings. The number of hydrogen-bond donors (Lipinski definition) is 0. The van der Waals surface area contributed by atoms with Gasteiger partial charge in [-0.1, -0.05) is 103 Å². The number of fused-ring (bicyclic) bond motifs is 2. The first-order valence-electron chi connectivity index (χ1n) is 14.8. The molecule has 7 aromatic carbocycles. The van der Waals surface area contributed by atoms with Crippen LogP contribution in [-0.2, 0) is 0 Å². The summed E-state index contributed by atoms with van der Waals surface area (Å²) >= 11 is 0. The first kappa shape index (κ1) is 23.5. The fourth-order valence-corrected chi connectivity index (χ4v) is 7.05. The molecule has 42 heavy (non-hydrogen) atoms. The largest absolute Gasteiger partial charge is 0.296 e. The van der Waals surface area contributed by atoms with Crippen LogP contribution in [0.4, 0.5) is 0 Å². The lowest BCUT2D eigenvalue weighted by Crippen LogP contribution is -2.02. The average molecular weight is 537 g/mol. The fraction of sp³-hybridized carbons (Fsp3) is 0.0750. The number of benzene rings is 7. The summed E-state index contributed by atoms with van der Waals surface area (Å²) in [7, 11) is 0. The molecule has 0 spiro atoms. The Labute approximate surface area is 244 Å². The predicted molar refractivity (Wildman–Crippen MR) is 179 cm³/mol. The molecule has 9 rings (SSSR count). The molecule has 2 nitrogen and oxygen atoms in total. The molecule has 0 amide bonds. The van der Waals surface area contributed by atoms with Gasteiger partial charge in [0.05, 0.1) is 11.0 Å². The van der Waals surface area contributed by atoms with E-state index in [9.17, 15) is 0 Å². The van der Waals surface area contributed by atoms with E-state index in [1.165, 1.54) is 71.0 Å². The Morgan fingerprint density at radius 2 is 1.33 bits per heavy atom. The minimum absolute atomic E-state index is 1.00. The van der Waals surface area contributed by atoms with Gasteiger partial charge in [-0.25, -0.2) is 4.98 Å². The smallest absolute Gasteiger partial charge is 0.146 e. The Kier molecular flexibility index (Phi) is 4.97. The van der Waals surface area contributed by atoms with Crippen LogP contribution < -0.4 is 0 Å². The van der Waals surface area contributed by atoms with Gasteiger partial charge in [-0.15, -0.1) is 0 Å². The van der Waals surface area contributed by atoms with Gasteiger partial charge in [-0.3, -0.25) is 4.57 Å². The van der Waals surface area contributed by atoms with E-state index >= 15 is 0 Å². The average Bonchev–Trinajstić information content (AvgIpc) is 3.43. The van der Waals surface area contributed by atoms with Crippen molar-refractivity contribution in [2.45, 2.75) is 19.8 Å². The van der Waals surface area contributed by atoms with Crippen molar-refractivity contribution in [3.05, 3.63) is 133 Å². The standard InChI is InChI=1S/C40H28N2/c1-25-11-12-29-24-30(14-13-28(29)23-25)32-19-15-26-17-21-34-35(22-18-27-16-20-33(32)38(26)39(27)34)40-41-36-9-5-6-10-37(36)42(40)31-7-3-2-4-8-31/h2-3,5-7,9-24H,4,8H2,1H3. The van der Waals surface area contributed by atoms with Crippen molar-refractivity contribution in [3.8, 4) is 22.5 Å². The summed E-state index contributed by atoms with van der Waals surface area (Å²) in [4.78, 5) is 5.24. The first-order chi connectivity index (χ1) is 20.7. The molecule has 0 bridgehead atoms. The maximum Gasteiger partial charge on any atom is 0.146 e. The van der Waals surface area contributed by atoms with Gasteiger partial charge in [0.1, 0.15) is 5.82 Å². The second-order valence-corrected chi connectivity index (χ2v) is 11.6. The third kappa shape index (κ3) is 3.42. The Bertz CT molecular complexity index is 2420. The topological polar surface area (TPSA) is 17.8 Å². The molecule has 0 saturated heterocycles. The van der Waals surface area contributed by atoms with E-state index in [1.54, 1.807) is 0 Å². The van der Waals surface area contributed by atoms with Gasteiger partial charge in [-0.05, 0) is 104 Å². The molecular formula is C40H28N2. The predicted octanol–water partition coefficient (Wildman–Crippen LogP) is 10.9. The van der Waals surface area contributed by atoms with Gasteiger partial charge in [-0.2, -0.15) is 0 Å². The third-order valence-electron chi connectivity index (χ3n) is 9.05. The minimum atomic E-state index is 1.00. The van der Waals surface area contributed by atoms with Gasteiger partial charge < -0.3 is 0 Å². The van der Waals surface area contributed by atoms with E-state index in [0.29, 0.717) is 0 Å². The van der Waals surface area contributed by atoms with Gasteiger partial charge in [0.25, 0.3) is 0 Å². The Hall–Kier alpha value is -5.21. The maximum absolute atomic E-state index is 5.24. The number of hydrogen-bond acceptors (Lipinski definition) is 1. The van der Waals surface area contributed by atoms with Crippen molar-refractivity contribution < 1.29 is 0 Å². The number of imidazole rings is 1. The van der Waals surface area contributed by atoms with Crippen LogP contribution in [0.1, 0.15) is 18.4 Å². The van der Waals surface area contributed by atoms with E-state index in [4.69, 9.17) is 4.98 Å². The van der Waals surface area contributed by atoms with Gasteiger partial charge in [0.2, 0.25) is 0 Å². The van der Waals surface area contributed by atoms with E-state index in [2.05, 4.69) is 139 Å². The van der Waals surface area contributed by atoms with E-state index < -0.39 is 0 Å². The van der Waals surface area contributed by atoms with Crippen molar-refractivity contribution in [1.29, 1.82) is 0 Å². The van der Waals surface area contributed by atoms with Crippen molar-refractivity contribution in [2.24, 2.45) is 0 Å². The molecule has 0 atom stereocenters. The number of aryl methyl sites for hydroxylation is 1. The van der Waals surface area contributed by atoms with Crippen LogP contribution in [0.3, 0.4) is 0 Å². The van der Waals surface area contributed by atoms with Crippen molar-refractivity contribution in [1.82, 2.24) is 9.55 Å². The van der Waals surface area contributed by atoms with Crippen LogP contribution >= 0.6 is 0 Å². The molecule has 0 N–H and O–H groups in total. The van der Waals surface area contributed by atoms with Crippen LogP contribution in [0.2, 0.25) is 0 Å². The Morgan fingerprint density at radius 3 is 2.14 bits per heavy atom. The van der Waals surface area contributed by atoms with E-state index in [0.717, 1.165) is 29.7 Å². The fourth-order valence-electron chi connectivity index (χ4n) is 7.05. The molecule has 0 unspecified atom stereocenters. The highest BCUT2D eigenvalue weighted by Crippen LogP contribution is 2.43. The van der Waals surface area contributed by atoms with Gasteiger partial charge in [0, 0.05) is 11.3 Å². The number of rotatable bonds is 3. The molecule has 1 aliphatic rings. The number of nitrogens with zero attached hydrogens (tertiary/aromatic N) is 2. The summed E-state index contributed by atoms with van der Waals surface area (Å²) in [6, 6.07) is 40.4. The molecule has 198 valence electrons. The first-order valence-corrected chi connectivity index (χ1v) is 14.8. The number of allylic oxidation sites excluding steroid dienone is 4. The summed E-state index contributed by atoms with van der Waals surface area (Å²) in [5.74, 6) is 1.01. The van der Waals surface area contributed by atoms with Gasteiger partial charge >= 0.3 is 0 Å². The second kappa shape index (κ2) is 8.89. The molecule has 1 heterocycles. The Balaban J connectivity index is 1.32. The summed E-state index contributed by atoms with van der Waals surface area (Å²) in [5.41, 5.74) is 8.48. The van der Waals surface area contributed by atoms with Crippen LogP contribution in [0.25, 0.3) is 82.3 Å². The van der Waals surface area contributed by atoms with Crippen LogP contribution in [-0.4, -0.2) is 9.55 Å². The zero-order valence-electron chi connectivity index (χ0n) is 23.4. The second-order valence-electron chi connectivity index (χ2n) is 11.6. The Morgan fingerprint density at radius 1 is 0.643 bits per heavy atom. The lowest BCUT2D eigenvalue weighted by Gasteiger charge is -2.18. The van der Waals surface area contributed by atoms with Crippen LogP contribution in [0, 0.1) is 6.92 Å². The highest BCUT2D eigenvalue weighted by atomic mass is 15.1. The van der Waals surface area contributed by atoms with Crippen LogP contribution in [0.5, 0.6) is 0 Å². The maximum atomic E-state index is 5.24. The summed E-state index contributed by atoms with van der Waals surface area (Å²) in [6.07, 6.45) is 8.72. The third-order valence-corrected chi connectivity index (χ3v) is 9.05. The highest BCUT2D eigenvalue weighted by Gasteiger charge is 2.20. The lowest BCUT2D eigenvalue weighted by atomic mass is 9.88.